The fourth-order valence-electron chi connectivity index (χ4n) is 1.78. The van der Waals surface area contributed by atoms with Crippen LogP contribution in [0, 0.1) is 5.92 Å². The second-order valence-electron chi connectivity index (χ2n) is 4.89. The Bertz CT molecular complexity index is 241. The van der Waals surface area contributed by atoms with Crippen LogP contribution in [0.4, 0.5) is 0 Å². The second-order valence-corrected chi connectivity index (χ2v) is 4.89. The van der Waals surface area contributed by atoms with E-state index < -0.39 is 0 Å². The van der Waals surface area contributed by atoms with Crippen LogP contribution < -0.4 is 0 Å². The lowest BCUT2D eigenvalue weighted by atomic mass is 9.97. The van der Waals surface area contributed by atoms with Crippen LogP contribution in [0.3, 0.4) is 0 Å². The van der Waals surface area contributed by atoms with Gasteiger partial charge in [-0.2, -0.15) is 0 Å². The van der Waals surface area contributed by atoms with E-state index in [9.17, 15) is 4.79 Å². The number of esters is 1. The molecule has 0 saturated carbocycles. The first kappa shape index (κ1) is 13.5. The number of aliphatic hydroxyl groups excluding tert-OH is 1. The fourth-order valence-corrected chi connectivity index (χ4v) is 1.78. The van der Waals surface area contributed by atoms with Gasteiger partial charge in [-0.25, -0.2) is 0 Å². The van der Waals surface area contributed by atoms with Gasteiger partial charge >= 0.3 is 5.97 Å². The van der Waals surface area contributed by atoms with Crippen LogP contribution in [-0.4, -0.2) is 36.0 Å². The van der Waals surface area contributed by atoms with E-state index >= 15 is 0 Å². The maximum atomic E-state index is 10.6. The Kier molecular flexibility index (Phi) is 4.74. The molecule has 0 aliphatic carbocycles. The summed E-state index contributed by atoms with van der Waals surface area (Å²) in [5.74, 6) is 0.303. The molecule has 4 heteroatoms. The minimum absolute atomic E-state index is 0.0967. The smallest absolute Gasteiger partial charge is 0.302 e. The van der Waals surface area contributed by atoms with Crippen LogP contribution in [0.15, 0.2) is 0 Å². The summed E-state index contributed by atoms with van der Waals surface area (Å²) < 4.78 is 10.3. The highest BCUT2D eigenvalue weighted by Gasteiger charge is 2.51. The maximum absolute atomic E-state index is 10.6. The van der Waals surface area contributed by atoms with E-state index in [2.05, 4.69) is 6.92 Å². The largest absolute Gasteiger partial charge is 0.466 e. The van der Waals surface area contributed by atoms with Gasteiger partial charge in [0.25, 0.3) is 0 Å². The number of epoxide rings is 1. The molecule has 1 aliphatic rings. The van der Waals surface area contributed by atoms with Crippen molar-refractivity contribution < 1.29 is 19.4 Å². The number of carbonyl (C=O) groups excluding carboxylic acids is 1. The van der Waals surface area contributed by atoms with Crippen LogP contribution >= 0.6 is 0 Å². The first-order valence-electron chi connectivity index (χ1n) is 5.90. The average molecular weight is 230 g/mol. The van der Waals surface area contributed by atoms with Crippen molar-refractivity contribution in [1.82, 2.24) is 0 Å². The zero-order valence-corrected chi connectivity index (χ0v) is 10.4. The number of carbonyl (C=O) groups is 1. The molecule has 1 fully saturated rings. The fraction of sp³-hybridized carbons (Fsp3) is 0.917. The third-order valence-corrected chi connectivity index (χ3v) is 3.19. The van der Waals surface area contributed by atoms with Gasteiger partial charge in [0.15, 0.2) is 0 Å². The molecule has 1 aliphatic heterocycles. The maximum Gasteiger partial charge on any atom is 0.302 e. The lowest BCUT2D eigenvalue weighted by molar-refractivity contribution is -0.141. The molecule has 16 heavy (non-hydrogen) atoms. The van der Waals surface area contributed by atoms with Crippen molar-refractivity contribution in [3.63, 3.8) is 0 Å². The Labute approximate surface area is 96.9 Å². The SMILES string of the molecule is CC(=O)OCC[C@H](C)CC[C@H]1O[C@]1(C)CO. The molecule has 0 spiro atoms. The molecule has 0 bridgehead atoms. The molecule has 3 atom stereocenters. The second kappa shape index (κ2) is 5.64. The minimum Gasteiger partial charge on any atom is -0.466 e. The van der Waals surface area contributed by atoms with Crippen LogP contribution in [-0.2, 0) is 14.3 Å². The number of hydrogen-bond donors (Lipinski definition) is 1. The van der Waals surface area contributed by atoms with Crippen molar-refractivity contribution in [1.29, 1.82) is 0 Å². The molecule has 4 nitrogen and oxygen atoms in total. The summed E-state index contributed by atoms with van der Waals surface area (Å²) in [6, 6.07) is 0. The molecule has 0 aromatic heterocycles. The lowest BCUT2D eigenvalue weighted by Gasteiger charge is -2.10. The van der Waals surface area contributed by atoms with Gasteiger partial charge in [0.05, 0.1) is 19.3 Å². The summed E-state index contributed by atoms with van der Waals surface area (Å²) in [4.78, 5) is 10.6. The Morgan fingerprint density at radius 2 is 2.25 bits per heavy atom. The number of aliphatic hydroxyl groups is 1. The molecule has 1 N–H and O–H groups in total. The van der Waals surface area contributed by atoms with Gasteiger partial charge in [-0.3, -0.25) is 4.79 Å². The first-order valence-corrected chi connectivity index (χ1v) is 5.90. The first-order chi connectivity index (χ1) is 7.48. The number of ether oxygens (including phenoxy) is 2. The quantitative estimate of drug-likeness (QED) is 0.532. The number of rotatable bonds is 7. The molecule has 1 rings (SSSR count). The van der Waals surface area contributed by atoms with E-state index in [1.54, 1.807) is 0 Å². The van der Waals surface area contributed by atoms with Gasteiger partial charge < -0.3 is 14.6 Å². The van der Waals surface area contributed by atoms with E-state index in [0.29, 0.717) is 12.5 Å². The Morgan fingerprint density at radius 1 is 1.56 bits per heavy atom. The van der Waals surface area contributed by atoms with Crippen molar-refractivity contribution in [3.05, 3.63) is 0 Å². The van der Waals surface area contributed by atoms with E-state index in [4.69, 9.17) is 14.6 Å². The van der Waals surface area contributed by atoms with Gasteiger partial charge in [-0.05, 0) is 32.1 Å². The van der Waals surface area contributed by atoms with Crippen LogP contribution in [0.1, 0.15) is 40.0 Å². The Hall–Kier alpha value is -0.610. The third-order valence-electron chi connectivity index (χ3n) is 3.19. The van der Waals surface area contributed by atoms with Crippen molar-refractivity contribution in [3.8, 4) is 0 Å². The summed E-state index contributed by atoms with van der Waals surface area (Å²) >= 11 is 0. The monoisotopic (exact) mass is 230 g/mol. The summed E-state index contributed by atoms with van der Waals surface area (Å²) in [6.07, 6.45) is 3.11. The van der Waals surface area contributed by atoms with Crippen molar-refractivity contribution >= 4 is 5.97 Å². The normalized spacial score (nSPS) is 29.9. The Balaban J connectivity index is 2.03. The molecule has 0 amide bonds. The van der Waals surface area contributed by atoms with Gasteiger partial charge in [0, 0.05) is 6.92 Å². The molecule has 1 heterocycles. The molecule has 0 aromatic rings. The predicted octanol–water partition coefficient (Wildman–Crippen LogP) is 1.51. The van der Waals surface area contributed by atoms with E-state index in [0.717, 1.165) is 19.3 Å². The van der Waals surface area contributed by atoms with Gasteiger partial charge in [0.2, 0.25) is 0 Å². The van der Waals surface area contributed by atoms with Gasteiger partial charge in [0.1, 0.15) is 5.60 Å². The van der Waals surface area contributed by atoms with E-state index in [1.807, 2.05) is 6.92 Å². The van der Waals surface area contributed by atoms with E-state index in [1.165, 1.54) is 6.92 Å². The molecule has 0 unspecified atom stereocenters. The van der Waals surface area contributed by atoms with Crippen molar-refractivity contribution in [2.24, 2.45) is 5.92 Å². The molecular formula is C12H22O4. The standard InChI is InChI=1S/C12H22O4/c1-9(6-7-15-10(2)14)4-5-11-12(3,8-13)16-11/h9,11,13H,4-8H2,1-3H3/t9-,11-,12-/m1/s1. The highest BCUT2D eigenvalue weighted by molar-refractivity contribution is 5.65. The summed E-state index contributed by atoms with van der Waals surface area (Å²) in [6.45, 7) is 6.09. The third kappa shape index (κ3) is 4.10. The van der Waals surface area contributed by atoms with Gasteiger partial charge in [-0.1, -0.05) is 6.92 Å². The number of hydrogen-bond acceptors (Lipinski definition) is 4. The van der Waals surface area contributed by atoms with Crippen molar-refractivity contribution in [2.75, 3.05) is 13.2 Å². The van der Waals surface area contributed by atoms with Crippen LogP contribution in [0.5, 0.6) is 0 Å². The van der Waals surface area contributed by atoms with Crippen molar-refractivity contribution in [2.45, 2.75) is 51.7 Å². The highest BCUT2D eigenvalue weighted by atomic mass is 16.6. The predicted molar refractivity (Wildman–Crippen MR) is 60.0 cm³/mol. The summed E-state index contributed by atoms with van der Waals surface area (Å²) in [7, 11) is 0. The van der Waals surface area contributed by atoms with Crippen LogP contribution in [0.25, 0.3) is 0 Å². The van der Waals surface area contributed by atoms with E-state index in [-0.39, 0.29) is 24.3 Å². The zero-order valence-electron chi connectivity index (χ0n) is 10.4. The van der Waals surface area contributed by atoms with Gasteiger partial charge in [-0.15, -0.1) is 0 Å². The molecule has 0 aromatic carbocycles. The zero-order chi connectivity index (χ0) is 12.2. The summed E-state index contributed by atoms with van der Waals surface area (Å²) in [5, 5.41) is 9.02. The lowest BCUT2D eigenvalue weighted by Crippen LogP contribution is -2.15. The van der Waals surface area contributed by atoms with Crippen LogP contribution in [0.2, 0.25) is 0 Å². The Morgan fingerprint density at radius 3 is 2.75 bits per heavy atom. The summed E-state index contributed by atoms with van der Waals surface area (Å²) in [5.41, 5.74) is -0.296. The molecule has 0 radical (unpaired) electrons. The molecule has 94 valence electrons. The molecule has 1 saturated heterocycles. The highest BCUT2D eigenvalue weighted by Crippen LogP contribution is 2.39. The minimum atomic E-state index is -0.296. The molecular weight excluding hydrogens is 208 g/mol. The average Bonchev–Trinajstić information content (AvgIpc) is 2.87. The topological polar surface area (TPSA) is 59.1 Å².